The highest BCUT2D eigenvalue weighted by Crippen LogP contribution is 2.36. The Morgan fingerprint density at radius 3 is 2.72 bits per heavy atom. The third-order valence-electron chi connectivity index (χ3n) is 3.14. The number of Topliss-reactive ketones (excluding diaryl/α,β-unsaturated/α-hetero) is 1. The number of ketones is 1. The number of aromatic nitrogens is 1. The summed E-state index contributed by atoms with van der Waals surface area (Å²) in [6, 6.07) is 7.72. The Labute approximate surface area is 122 Å². The summed E-state index contributed by atoms with van der Waals surface area (Å²) < 4.78 is 0.789. The average Bonchev–Trinajstić information content (AvgIpc) is 2.71. The Kier molecular flexibility index (Phi) is 3.26. The fourth-order valence-electron chi connectivity index (χ4n) is 2.27. The van der Waals surface area contributed by atoms with Crippen LogP contribution in [0.1, 0.15) is 33.3 Å². The van der Waals surface area contributed by atoms with Crippen molar-refractivity contribution in [1.82, 2.24) is 4.98 Å². The number of rotatable bonds is 1. The molecule has 1 aliphatic carbocycles. The molecule has 18 heavy (non-hydrogen) atoms. The maximum Gasteiger partial charge on any atom is 0.175 e. The number of nitrogens with zero attached hydrogens (tertiary/aromatic N) is 1. The summed E-state index contributed by atoms with van der Waals surface area (Å²) in [5.41, 5.74) is 2.07. The number of carbonyl (C=O) groups is 1. The van der Waals surface area contributed by atoms with E-state index in [0.29, 0.717) is 6.42 Å². The standard InChI is InChI=1S/C13H9BrClNOS/c14-13-16-10-5-8(6-11(17)12(10)18-13)7-1-3-9(15)4-2-7/h1-4,8H,5-6H2/t8-/m0/s1. The van der Waals surface area contributed by atoms with Gasteiger partial charge in [0.05, 0.1) is 10.6 Å². The topological polar surface area (TPSA) is 30.0 Å². The summed E-state index contributed by atoms with van der Waals surface area (Å²) in [4.78, 5) is 17.3. The predicted molar refractivity (Wildman–Crippen MR) is 76.7 cm³/mol. The second-order valence-electron chi connectivity index (χ2n) is 4.32. The van der Waals surface area contributed by atoms with Crippen molar-refractivity contribution in [2.45, 2.75) is 18.8 Å². The maximum atomic E-state index is 12.1. The Morgan fingerprint density at radius 1 is 1.28 bits per heavy atom. The Morgan fingerprint density at radius 2 is 2.00 bits per heavy atom. The van der Waals surface area contributed by atoms with Crippen LogP contribution in [0.2, 0.25) is 5.02 Å². The molecule has 92 valence electrons. The molecule has 0 saturated carbocycles. The predicted octanol–water partition coefficient (Wildman–Crippen LogP) is 4.47. The zero-order chi connectivity index (χ0) is 12.7. The van der Waals surface area contributed by atoms with E-state index in [1.165, 1.54) is 11.3 Å². The zero-order valence-corrected chi connectivity index (χ0v) is 12.5. The highest BCUT2D eigenvalue weighted by molar-refractivity contribution is 9.11. The van der Waals surface area contributed by atoms with Crippen molar-refractivity contribution in [2.75, 3.05) is 0 Å². The van der Waals surface area contributed by atoms with Crippen LogP contribution in [0.4, 0.5) is 0 Å². The molecule has 0 fully saturated rings. The molecule has 0 aliphatic heterocycles. The molecule has 5 heteroatoms. The van der Waals surface area contributed by atoms with Gasteiger partial charge in [-0.2, -0.15) is 0 Å². The lowest BCUT2D eigenvalue weighted by molar-refractivity contribution is 0.0968. The van der Waals surface area contributed by atoms with Crippen LogP contribution >= 0.6 is 38.9 Å². The van der Waals surface area contributed by atoms with Gasteiger partial charge in [-0.1, -0.05) is 23.7 Å². The van der Waals surface area contributed by atoms with E-state index in [1.54, 1.807) is 0 Å². The van der Waals surface area contributed by atoms with E-state index in [1.807, 2.05) is 24.3 Å². The monoisotopic (exact) mass is 341 g/mol. The average molecular weight is 343 g/mol. The van der Waals surface area contributed by atoms with Gasteiger partial charge in [-0.25, -0.2) is 4.98 Å². The Balaban J connectivity index is 1.94. The summed E-state index contributed by atoms with van der Waals surface area (Å²) >= 11 is 10.7. The highest BCUT2D eigenvalue weighted by Gasteiger charge is 2.29. The van der Waals surface area contributed by atoms with Gasteiger partial charge in [0.2, 0.25) is 0 Å². The first-order valence-corrected chi connectivity index (χ1v) is 7.56. The van der Waals surface area contributed by atoms with Crippen molar-refractivity contribution in [3.8, 4) is 0 Å². The third kappa shape index (κ3) is 2.25. The van der Waals surface area contributed by atoms with Crippen LogP contribution in [-0.4, -0.2) is 10.8 Å². The number of carbonyl (C=O) groups excluding carboxylic acids is 1. The van der Waals surface area contributed by atoms with Crippen molar-refractivity contribution in [3.05, 3.63) is 49.3 Å². The molecular formula is C13H9BrClNOS. The third-order valence-corrected chi connectivity index (χ3v) is 4.98. The Hall–Kier alpha value is -0.710. The highest BCUT2D eigenvalue weighted by atomic mass is 79.9. The van der Waals surface area contributed by atoms with E-state index in [2.05, 4.69) is 20.9 Å². The number of halogens is 2. The molecule has 1 aliphatic rings. The lowest BCUT2D eigenvalue weighted by atomic mass is 9.85. The molecule has 0 spiro atoms. The number of benzene rings is 1. The lowest BCUT2D eigenvalue weighted by Gasteiger charge is -2.20. The summed E-state index contributed by atoms with van der Waals surface area (Å²) in [6.45, 7) is 0. The molecule has 3 rings (SSSR count). The molecule has 0 amide bonds. The minimum atomic E-state index is 0.194. The molecule has 0 N–H and O–H groups in total. The van der Waals surface area contributed by atoms with Gasteiger partial charge in [-0.05, 0) is 46.0 Å². The van der Waals surface area contributed by atoms with E-state index in [9.17, 15) is 4.79 Å². The van der Waals surface area contributed by atoms with Crippen LogP contribution in [0, 0.1) is 0 Å². The van der Waals surface area contributed by atoms with Crippen LogP contribution in [-0.2, 0) is 6.42 Å². The van der Waals surface area contributed by atoms with Crippen LogP contribution in [0.3, 0.4) is 0 Å². The minimum Gasteiger partial charge on any atom is -0.293 e. The van der Waals surface area contributed by atoms with Crippen molar-refractivity contribution in [3.63, 3.8) is 0 Å². The molecule has 2 aromatic rings. The smallest absolute Gasteiger partial charge is 0.175 e. The minimum absolute atomic E-state index is 0.194. The van der Waals surface area contributed by atoms with Gasteiger partial charge >= 0.3 is 0 Å². The van der Waals surface area contributed by atoms with E-state index in [0.717, 1.165) is 31.5 Å². The van der Waals surface area contributed by atoms with E-state index < -0.39 is 0 Å². The first kappa shape index (κ1) is 12.3. The van der Waals surface area contributed by atoms with Crippen molar-refractivity contribution < 1.29 is 4.79 Å². The van der Waals surface area contributed by atoms with E-state index in [-0.39, 0.29) is 11.7 Å². The second kappa shape index (κ2) is 4.76. The number of hydrogen-bond donors (Lipinski definition) is 0. The van der Waals surface area contributed by atoms with Gasteiger partial charge in [0.15, 0.2) is 9.70 Å². The van der Waals surface area contributed by atoms with Crippen molar-refractivity contribution >= 4 is 44.7 Å². The number of hydrogen-bond acceptors (Lipinski definition) is 3. The van der Waals surface area contributed by atoms with Crippen LogP contribution in [0.5, 0.6) is 0 Å². The number of thiazole rings is 1. The molecule has 1 heterocycles. The summed E-state index contributed by atoms with van der Waals surface area (Å²) in [6.07, 6.45) is 1.38. The molecule has 1 atom stereocenters. The van der Waals surface area contributed by atoms with Crippen LogP contribution in [0.15, 0.2) is 28.2 Å². The fraction of sp³-hybridized carbons (Fsp3) is 0.231. The van der Waals surface area contributed by atoms with Crippen LogP contribution < -0.4 is 0 Å². The van der Waals surface area contributed by atoms with Gasteiger partial charge in [-0.15, -0.1) is 11.3 Å². The quantitative estimate of drug-likeness (QED) is 0.765. The first-order valence-electron chi connectivity index (χ1n) is 5.57. The summed E-state index contributed by atoms with van der Waals surface area (Å²) in [5, 5.41) is 0.720. The SMILES string of the molecule is O=C1C[C@@H](c2ccc(Cl)cc2)Cc2nc(Br)sc21. The zero-order valence-electron chi connectivity index (χ0n) is 9.32. The molecule has 0 bridgehead atoms. The molecular weight excluding hydrogens is 334 g/mol. The van der Waals surface area contributed by atoms with Crippen molar-refractivity contribution in [2.24, 2.45) is 0 Å². The lowest BCUT2D eigenvalue weighted by Crippen LogP contribution is -2.17. The van der Waals surface area contributed by atoms with Gasteiger partial charge in [0, 0.05) is 11.4 Å². The normalized spacial score (nSPS) is 18.8. The first-order chi connectivity index (χ1) is 8.63. The molecule has 2 nitrogen and oxygen atoms in total. The summed E-state index contributed by atoms with van der Waals surface area (Å²) in [5.74, 6) is 0.413. The maximum absolute atomic E-state index is 12.1. The van der Waals surface area contributed by atoms with Gasteiger partial charge in [0.1, 0.15) is 0 Å². The second-order valence-corrected chi connectivity index (χ2v) is 7.03. The molecule has 1 aromatic carbocycles. The van der Waals surface area contributed by atoms with Gasteiger partial charge in [-0.3, -0.25) is 4.79 Å². The fourth-order valence-corrected chi connectivity index (χ4v) is 3.87. The van der Waals surface area contributed by atoms with E-state index in [4.69, 9.17) is 11.6 Å². The Bertz CT molecular complexity index is 608. The van der Waals surface area contributed by atoms with Crippen molar-refractivity contribution in [1.29, 1.82) is 0 Å². The molecule has 0 unspecified atom stereocenters. The van der Waals surface area contributed by atoms with Gasteiger partial charge in [0.25, 0.3) is 0 Å². The van der Waals surface area contributed by atoms with Crippen LogP contribution in [0.25, 0.3) is 0 Å². The summed E-state index contributed by atoms with van der Waals surface area (Å²) in [7, 11) is 0. The van der Waals surface area contributed by atoms with Gasteiger partial charge < -0.3 is 0 Å². The number of fused-ring (bicyclic) bond motifs is 1. The molecule has 0 radical (unpaired) electrons. The van der Waals surface area contributed by atoms with E-state index >= 15 is 0 Å². The largest absolute Gasteiger partial charge is 0.293 e. The molecule has 1 aromatic heterocycles. The molecule has 0 saturated heterocycles.